The number of anilines is 2. The van der Waals surface area contributed by atoms with Crippen molar-refractivity contribution in [2.45, 2.75) is 13.0 Å². The molecule has 1 aliphatic heterocycles. The number of nitrogen functional groups attached to an aromatic ring is 1. The highest BCUT2D eigenvalue weighted by molar-refractivity contribution is 5.32. The lowest BCUT2D eigenvalue weighted by molar-refractivity contribution is -0.0192. The molecule has 1 saturated heterocycles. The SMILES string of the molecule is CCN1CCOC(CNc2nc(N)nc(OC)n2)C1. The normalized spacial score (nSPS) is 20.2. The third kappa shape index (κ3) is 3.90. The van der Waals surface area contributed by atoms with Crippen molar-refractivity contribution >= 4 is 11.9 Å². The number of hydrogen-bond acceptors (Lipinski definition) is 8. The molecule has 0 aromatic carbocycles. The fourth-order valence-electron chi connectivity index (χ4n) is 1.94. The van der Waals surface area contributed by atoms with Crippen LogP contribution >= 0.6 is 0 Å². The average molecular weight is 268 g/mol. The third-order valence-electron chi connectivity index (χ3n) is 2.97. The molecule has 1 aromatic heterocycles. The zero-order chi connectivity index (χ0) is 13.7. The van der Waals surface area contributed by atoms with Crippen molar-refractivity contribution in [3.8, 4) is 6.01 Å². The van der Waals surface area contributed by atoms with Crippen LogP contribution in [-0.2, 0) is 4.74 Å². The van der Waals surface area contributed by atoms with E-state index >= 15 is 0 Å². The van der Waals surface area contributed by atoms with Crippen molar-refractivity contribution in [3.05, 3.63) is 0 Å². The molecule has 1 atom stereocenters. The van der Waals surface area contributed by atoms with Crippen LogP contribution in [0.1, 0.15) is 6.92 Å². The molecule has 8 heteroatoms. The van der Waals surface area contributed by atoms with Gasteiger partial charge in [-0.15, -0.1) is 0 Å². The number of nitrogens with zero attached hydrogens (tertiary/aromatic N) is 4. The van der Waals surface area contributed by atoms with E-state index in [2.05, 4.69) is 32.1 Å². The van der Waals surface area contributed by atoms with E-state index in [4.69, 9.17) is 15.2 Å². The molecule has 0 aliphatic carbocycles. The standard InChI is InChI=1S/C11H20N6O2/c1-3-17-4-5-19-8(7-17)6-13-10-14-9(12)15-11(16-10)18-2/h8H,3-7H2,1-2H3,(H3,12,13,14,15,16). The van der Waals surface area contributed by atoms with Crippen molar-refractivity contribution < 1.29 is 9.47 Å². The van der Waals surface area contributed by atoms with Gasteiger partial charge in [0.2, 0.25) is 11.9 Å². The van der Waals surface area contributed by atoms with Gasteiger partial charge in [0.1, 0.15) is 0 Å². The van der Waals surface area contributed by atoms with Gasteiger partial charge in [0, 0.05) is 19.6 Å². The molecule has 0 radical (unpaired) electrons. The molecule has 1 fully saturated rings. The molecule has 0 bridgehead atoms. The molecule has 0 spiro atoms. The van der Waals surface area contributed by atoms with Crippen LogP contribution in [0.25, 0.3) is 0 Å². The Bertz CT molecular complexity index is 416. The summed E-state index contributed by atoms with van der Waals surface area (Å²) in [6.07, 6.45) is 0.123. The van der Waals surface area contributed by atoms with Gasteiger partial charge in [0.25, 0.3) is 0 Å². The lowest BCUT2D eigenvalue weighted by Crippen LogP contribution is -2.45. The lowest BCUT2D eigenvalue weighted by atomic mass is 10.2. The van der Waals surface area contributed by atoms with E-state index in [9.17, 15) is 0 Å². The van der Waals surface area contributed by atoms with Gasteiger partial charge in [-0.3, -0.25) is 4.90 Å². The summed E-state index contributed by atoms with van der Waals surface area (Å²) in [6.45, 7) is 6.45. The zero-order valence-corrected chi connectivity index (χ0v) is 11.3. The zero-order valence-electron chi connectivity index (χ0n) is 11.3. The largest absolute Gasteiger partial charge is 0.467 e. The Hall–Kier alpha value is -1.67. The number of nitrogens with two attached hydrogens (primary N) is 1. The predicted octanol–water partition coefficient (Wildman–Crippen LogP) is -0.405. The Morgan fingerprint density at radius 1 is 1.47 bits per heavy atom. The van der Waals surface area contributed by atoms with E-state index in [1.165, 1.54) is 7.11 Å². The van der Waals surface area contributed by atoms with Gasteiger partial charge in [0.15, 0.2) is 0 Å². The van der Waals surface area contributed by atoms with Gasteiger partial charge in [-0.25, -0.2) is 0 Å². The Labute approximate surface area is 112 Å². The van der Waals surface area contributed by atoms with E-state index in [1.807, 2.05) is 0 Å². The quantitative estimate of drug-likeness (QED) is 0.744. The molecule has 2 rings (SSSR count). The summed E-state index contributed by atoms with van der Waals surface area (Å²) in [7, 11) is 1.49. The molecular weight excluding hydrogens is 248 g/mol. The molecule has 8 nitrogen and oxygen atoms in total. The van der Waals surface area contributed by atoms with Gasteiger partial charge < -0.3 is 20.5 Å². The Morgan fingerprint density at radius 3 is 3.05 bits per heavy atom. The fraction of sp³-hybridized carbons (Fsp3) is 0.727. The predicted molar refractivity (Wildman–Crippen MR) is 71.1 cm³/mol. The first kappa shape index (κ1) is 13.8. The van der Waals surface area contributed by atoms with Gasteiger partial charge >= 0.3 is 6.01 Å². The van der Waals surface area contributed by atoms with Crippen LogP contribution in [0.5, 0.6) is 6.01 Å². The highest BCUT2D eigenvalue weighted by Crippen LogP contribution is 2.10. The molecule has 0 amide bonds. The summed E-state index contributed by atoms with van der Waals surface area (Å²) in [5.41, 5.74) is 5.57. The van der Waals surface area contributed by atoms with E-state index in [-0.39, 0.29) is 18.1 Å². The minimum absolute atomic E-state index is 0.123. The first-order chi connectivity index (χ1) is 9.21. The van der Waals surface area contributed by atoms with Crippen molar-refractivity contribution in [3.63, 3.8) is 0 Å². The van der Waals surface area contributed by atoms with Gasteiger partial charge in [-0.2, -0.15) is 15.0 Å². The van der Waals surface area contributed by atoms with Crippen LogP contribution in [0.2, 0.25) is 0 Å². The van der Waals surface area contributed by atoms with Crippen molar-refractivity contribution in [2.75, 3.05) is 50.9 Å². The maximum Gasteiger partial charge on any atom is 0.322 e. The first-order valence-electron chi connectivity index (χ1n) is 6.34. The summed E-state index contributed by atoms with van der Waals surface area (Å²) in [5, 5.41) is 3.10. The number of rotatable bonds is 5. The summed E-state index contributed by atoms with van der Waals surface area (Å²) < 4.78 is 10.6. The van der Waals surface area contributed by atoms with Crippen LogP contribution in [-0.4, -0.2) is 65.9 Å². The van der Waals surface area contributed by atoms with E-state index in [0.717, 1.165) is 26.2 Å². The second-order valence-electron chi connectivity index (χ2n) is 4.27. The van der Waals surface area contributed by atoms with Crippen LogP contribution in [0.15, 0.2) is 0 Å². The average Bonchev–Trinajstić information content (AvgIpc) is 2.44. The number of methoxy groups -OCH3 is 1. The molecule has 106 valence electrons. The van der Waals surface area contributed by atoms with E-state index in [1.54, 1.807) is 0 Å². The number of hydrogen-bond donors (Lipinski definition) is 2. The lowest BCUT2D eigenvalue weighted by Gasteiger charge is -2.32. The Morgan fingerprint density at radius 2 is 2.32 bits per heavy atom. The monoisotopic (exact) mass is 268 g/mol. The van der Waals surface area contributed by atoms with Gasteiger partial charge in [-0.1, -0.05) is 6.92 Å². The Balaban J connectivity index is 1.89. The summed E-state index contributed by atoms with van der Waals surface area (Å²) >= 11 is 0. The summed E-state index contributed by atoms with van der Waals surface area (Å²) in [4.78, 5) is 14.2. The molecule has 19 heavy (non-hydrogen) atoms. The maximum atomic E-state index is 5.68. The number of morpholine rings is 1. The number of nitrogens with one attached hydrogen (secondary N) is 1. The smallest absolute Gasteiger partial charge is 0.322 e. The van der Waals surface area contributed by atoms with Crippen LogP contribution in [0, 0.1) is 0 Å². The fourth-order valence-corrected chi connectivity index (χ4v) is 1.94. The second kappa shape index (κ2) is 6.48. The minimum Gasteiger partial charge on any atom is -0.467 e. The molecule has 1 unspecified atom stereocenters. The van der Waals surface area contributed by atoms with Crippen molar-refractivity contribution in [2.24, 2.45) is 0 Å². The highest BCUT2D eigenvalue weighted by Gasteiger charge is 2.19. The van der Waals surface area contributed by atoms with Crippen molar-refractivity contribution in [1.29, 1.82) is 0 Å². The number of ether oxygens (including phenoxy) is 2. The van der Waals surface area contributed by atoms with Gasteiger partial charge in [-0.05, 0) is 6.54 Å². The maximum absolute atomic E-state index is 5.68. The second-order valence-corrected chi connectivity index (χ2v) is 4.27. The minimum atomic E-state index is 0.123. The van der Waals surface area contributed by atoms with Crippen LogP contribution in [0.3, 0.4) is 0 Å². The summed E-state index contributed by atoms with van der Waals surface area (Å²) in [6, 6.07) is 0.203. The van der Waals surface area contributed by atoms with E-state index < -0.39 is 0 Å². The first-order valence-corrected chi connectivity index (χ1v) is 6.34. The summed E-state index contributed by atoms with van der Waals surface area (Å²) in [5.74, 6) is 0.538. The highest BCUT2D eigenvalue weighted by atomic mass is 16.5. The molecule has 3 N–H and O–H groups in total. The van der Waals surface area contributed by atoms with Crippen molar-refractivity contribution in [1.82, 2.24) is 19.9 Å². The van der Waals surface area contributed by atoms with E-state index in [0.29, 0.717) is 12.5 Å². The molecular formula is C11H20N6O2. The molecule has 0 saturated carbocycles. The topological polar surface area (TPSA) is 98.4 Å². The van der Waals surface area contributed by atoms with Crippen LogP contribution in [0.4, 0.5) is 11.9 Å². The molecule has 2 heterocycles. The van der Waals surface area contributed by atoms with Crippen LogP contribution < -0.4 is 15.8 Å². The molecule has 1 aromatic rings. The third-order valence-corrected chi connectivity index (χ3v) is 2.97. The number of aromatic nitrogens is 3. The Kier molecular flexibility index (Phi) is 4.69. The number of likely N-dealkylation sites (N-methyl/N-ethyl adjacent to an activating group) is 1. The van der Waals surface area contributed by atoms with Gasteiger partial charge in [0.05, 0.1) is 19.8 Å². The molecule has 1 aliphatic rings.